The number of aromatic nitrogens is 2. The molecule has 0 saturated carbocycles. The molecule has 3 rings (SSSR count). The quantitative estimate of drug-likeness (QED) is 0.788. The molecular formula is C19H31N5OS. The van der Waals surface area contributed by atoms with E-state index < -0.39 is 0 Å². The average molecular weight is 378 g/mol. The first-order chi connectivity index (χ1) is 12.8. The zero-order valence-corrected chi connectivity index (χ0v) is 16.6. The number of carbonyl (C=O) groups is 1. The van der Waals surface area contributed by atoms with Crippen molar-refractivity contribution in [1.82, 2.24) is 14.9 Å². The molecule has 2 aliphatic heterocycles. The molecule has 0 spiro atoms. The Kier molecular flexibility index (Phi) is 7.41. The molecule has 7 heteroatoms. The Morgan fingerprint density at radius 2 is 2.15 bits per heavy atom. The highest BCUT2D eigenvalue weighted by atomic mass is 32.2. The summed E-state index contributed by atoms with van der Waals surface area (Å²) < 4.78 is 0. The van der Waals surface area contributed by atoms with Gasteiger partial charge in [-0.15, -0.1) is 0 Å². The van der Waals surface area contributed by atoms with E-state index in [1.165, 1.54) is 12.8 Å². The van der Waals surface area contributed by atoms with Crippen molar-refractivity contribution in [2.45, 2.75) is 39.0 Å². The van der Waals surface area contributed by atoms with Gasteiger partial charge in [0.1, 0.15) is 18.0 Å². The zero-order valence-electron chi connectivity index (χ0n) is 15.8. The van der Waals surface area contributed by atoms with E-state index in [0.29, 0.717) is 18.2 Å². The zero-order chi connectivity index (χ0) is 18.2. The van der Waals surface area contributed by atoms with Crippen molar-refractivity contribution in [1.29, 1.82) is 0 Å². The lowest BCUT2D eigenvalue weighted by Crippen LogP contribution is -2.39. The van der Waals surface area contributed by atoms with Crippen LogP contribution in [0.4, 0.5) is 11.6 Å². The van der Waals surface area contributed by atoms with E-state index in [1.54, 1.807) is 6.33 Å². The van der Waals surface area contributed by atoms with Gasteiger partial charge in [-0.3, -0.25) is 4.79 Å². The minimum atomic E-state index is 0.343. The first kappa shape index (κ1) is 19.3. The smallest absolute Gasteiger partial charge is 0.222 e. The summed E-state index contributed by atoms with van der Waals surface area (Å²) in [5, 5.41) is 3.33. The summed E-state index contributed by atoms with van der Waals surface area (Å²) in [6, 6.07) is 2.05. The second-order valence-corrected chi connectivity index (χ2v) is 8.40. The van der Waals surface area contributed by atoms with Crippen LogP contribution in [-0.2, 0) is 4.79 Å². The Morgan fingerprint density at radius 3 is 2.96 bits per heavy atom. The fourth-order valence-electron chi connectivity index (χ4n) is 3.68. The van der Waals surface area contributed by atoms with E-state index in [4.69, 9.17) is 0 Å². The Labute approximate surface area is 161 Å². The summed E-state index contributed by atoms with van der Waals surface area (Å²) in [6.45, 7) is 6.96. The molecule has 0 aromatic carbocycles. The number of amides is 1. The molecule has 2 aliphatic rings. The maximum absolute atomic E-state index is 12.4. The lowest BCUT2D eigenvalue weighted by molar-refractivity contribution is -0.131. The van der Waals surface area contributed by atoms with Gasteiger partial charge in [-0.2, -0.15) is 11.8 Å². The molecule has 144 valence electrons. The molecule has 0 aliphatic carbocycles. The number of rotatable bonds is 7. The Balaban J connectivity index is 1.50. The van der Waals surface area contributed by atoms with Gasteiger partial charge >= 0.3 is 0 Å². The van der Waals surface area contributed by atoms with Crippen molar-refractivity contribution in [2.24, 2.45) is 5.92 Å². The summed E-state index contributed by atoms with van der Waals surface area (Å²) in [5.41, 5.74) is 0. The first-order valence-electron chi connectivity index (χ1n) is 9.92. The third kappa shape index (κ3) is 5.50. The molecule has 0 unspecified atom stereocenters. The Hall–Kier alpha value is -1.50. The summed E-state index contributed by atoms with van der Waals surface area (Å²) >= 11 is 1.95. The third-order valence-electron chi connectivity index (χ3n) is 5.18. The number of nitrogens with zero attached hydrogens (tertiary/aromatic N) is 4. The fourth-order valence-corrected chi connectivity index (χ4v) is 4.58. The number of carbonyl (C=O) groups excluding carboxylic acids is 1. The highest BCUT2D eigenvalue weighted by Crippen LogP contribution is 2.26. The number of piperidine rings is 1. The fraction of sp³-hybridized carbons (Fsp3) is 0.737. The predicted octanol–water partition coefficient (Wildman–Crippen LogP) is 2.87. The van der Waals surface area contributed by atoms with Gasteiger partial charge in [-0.25, -0.2) is 9.97 Å². The van der Waals surface area contributed by atoms with Crippen LogP contribution in [0, 0.1) is 5.92 Å². The van der Waals surface area contributed by atoms with E-state index in [2.05, 4.69) is 33.2 Å². The topological polar surface area (TPSA) is 61.4 Å². The minimum absolute atomic E-state index is 0.343. The number of hydrogen-bond acceptors (Lipinski definition) is 6. The molecule has 1 aromatic rings. The highest BCUT2D eigenvalue weighted by Gasteiger charge is 2.23. The predicted molar refractivity (Wildman–Crippen MR) is 109 cm³/mol. The Bertz CT molecular complexity index is 579. The molecule has 1 amide bonds. The molecular weight excluding hydrogens is 346 g/mol. The normalized spacial score (nSPS) is 20.9. The van der Waals surface area contributed by atoms with Crippen LogP contribution in [0.2, 0.25) is 0 Å². The van der Waals surface area contributed by atoms with Crippen LogP contribution in [-0.4, -0.2) is 65.0 Å². The average Bonchev–Trinajstić information content (AvgIpc) is 2.71. The highest BCUT2D eigenvalue weighted by molar-refractivity contribution is 7.99. The number of nitrogens with one attached hydrogen (secondary N) is 1. The van der Waals surface area contributed by atoms with Gasteiger partial charge in [-0.05, 0) is 31.6 Å². The molecule has 1 aromatic heterocycles. The van der Waals surface area contributed by atoms with Gasteiger partial charge in [-0.1, -0.05) is 6.92 Å². The molecule has 26 heavy (non-hydrogen) atoms. The lowest BCUT2D eigenvalue weighted by Gasteiger charge is -2.34. The SMILES string of the molecule is CCCNc1cc(N2CCC[C@H](CCC(=O)N3CCSCC3)C2)ncn1. The van der Waals surface area contributed by atoms with Gasteiger partial charge in [0.2, 0.25) is 5.91 Å². The van der Waals surface area contributed by atoms with Gasteiger partial charge in [0.25, 0.3) is 0 Å². The number of hydrogen-bond donors (Lipinski definition) is 1. The maximum Gasteiger partial charge on any atom is 0.222 e. The van der Waals surface area contributed by atoms with E-state index >= 15 is 0 Å². The van der Waals surface area contributed by atoms with Crippen molar-refractivity contribution < 1.29 is 4.79 Å². The van der Waals surface area contributed by atoms with Gasteiger partial charge in [0.05, 0.1) is 0 Å². The summed E-state index contributed by atoms with van der Waals surface area (Å²) in [5.74, 6) is 5.00. The van der Waals surface area contributed by atoms with Crippen molar-refractivity contribution >= 4 is 29.3 Å². The summed E-state index contributed by atoms with van der Waals surface area (Å²) in [4.78, 5) is 25.6. The van der Waals surface area contributed by atoms with Crippen LogP contribution in [0.5, 0.6) is 0 Å². The Morgan fingerprint density at radius 1 is 1.31 bits per heavy atom. The minimum Gasteiger partial charge on any atom is -0.370 e. The molecule has 6 nitrogen and oxygen atoms in total. The summed E-state index contributed by atoms with van der Waals surface area (Å²) in [6.07, 6.45) is 6.79. The molecule has 1 atom stereocenters. The molecule has 0 bridgehead atoms. The van der Waals surface area contributed by atoms with Crippen LogP contribution in [0.3, 0.4) is 0 Å². The van der Waals surface area contributed by atoms with Crippen molar-refractivity contribution in [3.63, 3.8) is 0 Å². The number of anilines is 2. The van der Waals surface area contributed by atoms with Crippen LogP contribution in [0.25, 0.3) is 0 Å². The lowest BCUT2D eigenvalue weighted by atomic mass is 9.93. The second-order valence-electron chi connectivity index (χ2n) is 7.17. The molecule has 3 heterocycles. The molecule has 1 N–H and O–H groups in total. The van der Waals surface area contributed by atoms with E-state index in [1.807, 2.05) is 16.7 Å². The van der Waals surface area contributed by atoms with Crippen LogP contribution in [0.15, 0.2) is 12.4 Å². The van der Waals surface area contributed by atoms with E-state index in [-0.39, 0.29) is 0 Å². The van der Waals surface area contributed by atoms with Crippen molar-refractivity contribution in [3.05, 3.63) is 12.4 Å². The number of thioether (sulfide) groups is 1. The van der Waals surface area contributed by atoms with Crippen LogP contribution >= 0.6 is 11.8 Å². The van der Waals surface area contributed by atoms with Gasteiger partial charge < -0.3 is 15.1 Å². The van der Waals surface area contributed by atoms with E-state index in [9.17, 15) is 4.79 Å². The van der Waals surface area contributed by atoms with Crippen molar-refractivity contribution in [2.75, 3.05) is 54.4 Å². The molecule has 0 radical (unpaired) electrons. The maximum atomic E-state index is 12.4. The van der Waals surface area contributed by atoms with E-state index in [0.717, 1.165) is 68.7 Å². The van der Waals surface area contributed by atoms with Crippen LogP contribution in [0.1, 0.15) is 39.0 Å². The second kappa shape index (κ2) is 10.00. The first-order valence-corrected chi connectivity index (χ1v) is 11.1. The molecule has 2 fully saturated rings. The molecule has 2 saturated heterocycles. The monoisotopic (exact) mass is 377 g/mol. The standard InChI is InChI=1S/C19H31N5OS/c1-2-7-20-17-13-18(22-15-21-17)24-8-3-4-16(14-24)5-6-19(25)23-9-11-26-12-10-23/h13,15-16H,2-12,14H2,1H3,(H,20,21,22)/t16-/m1/s1. The largest absolute Gasteiger partial charge is 0.370 e. The van der Waals surface area contributed by atoms with Crippen molar-refractivity contribution in [3.8, 4) is 0 Å². The summed E-state index contributed by atoms with van der Waals surface area (Å²) in [7, 11) is 0. The van der Waals surface area contributed by atoms with Gasteiger partial charge in [0, 0.05) is 56.7 Å². The third-order valence-corrected chi connectivity index (χ3v) is 6.12. The van der Waals surface area contributed by atoms with Gasteiger partial charge in [0.15, 0.2) is 0 Å². The van der Waals surface area contributed by atoms with Crippen LogP contribution < -0.4 is 10.2 Å².